The molecule has 0 saturated heterocycles. The largest absolute Gasteiger partial charge is 0.383 e. The predicted molar refractivity (Wildman–Crippen MR) is 94.1 cm³/mol. The van der Waals surface area contributed by atoms with Crippen LogP contribution in [0.25, 0.3) is 0 Å². The molecule has 0 aliphatic heterocycles. The first-order valence-electron chi connectivity index (χ1n) is 8.52. The molecule has 0 unspecified atom stereocenters. The van der Waals surface area contributed by atoms with Crippen molar-refractivity contribution >= 4 is 16.0 Å². The topological polar surface area (TPSA) is 63.7 Å². The zero-order chi connectivity index (χ0) is 17.7. The summed E-state index contributed by atoms with van der Waals surface area (Å²) in [6.07, 6.45) is 5.14. The third kappa shape index (κ3) is 5.82. The van der Waals surface area contributed by atoms with E-state index in [9.17, 15) is 13.2 Å². The Balaban J connectivity index is 2.03. The monoisotopic (exact) mass is 353 g/mol. The fourth-order valence-electron chi connectivity index (χ4n) is 2.64. The number of hydrogen-bond acceptors (Lipinski definition) is 4. The van der Waals surface area contributed by atoms with Gasteiger partial charge in [0.2, 0.25) is 5.91 Å². The summed E-state index contributed by atoms with van der Waals surface area (Å²) in [6.45, 7) is 5.63. The van der Waals surface area contributed by atoms with E-state index in [0.717, 1.165) is 44.0 Å². The normalized spacial score (nSPS) is 15.2. The molecule has 0 spiro atoms. The van der Waals surface area contributed by atoms with Crippen LogP contribution >= 0.6 is 0 Å². The van der Waals surface area contributed by atoms with Gasteiger partial charge in [0.05, 0.1) is 6.26 Å². The van der Waals surface area contributed by atoms with Crippen molar-refractivity contribution in [3.8, 4) is 5.75 Å². The predicted octanol–water partition coefficient (Wildman–Crippen LogP) is 3.20. The standard InChI is InChI=1S/C18H27NO4S/c1-14(2)11-12-19(18(20)16-5-4-6-16)13-15-7-9-17(10-8-15)23-24(3,21)22/h7-10,14,16H,4-6,11-13H2,1-3H3. The van der Waals surface area contributed by atoms with Crippen LogP contribution in [0.1, 0.15) is 45.1 Å². The Morgan fingerprint density at radius 1 is 1.25 bits per heavy atom. The molecule has 0 heterocycles. The number of amides is 1. The minimum absolute atomic E-state index is 0.185. The van der Waals surface area contributed by atoms with Crippen LogP contribution in [0.5, 0.6) is 5.75 Å². The van der Waals surface area contributed by atoms with E-state index in [1.54, 1.807) is 12.1 Å². The molecule has 0 radical (unpaired) electrons. The highest BCUT2D eigenvalue weighted by Crippen LogP contribution is 2.29. The van der Waals surface area contributed by atoms with Crippen molar-refractivity contribution in [2.45, 2.75) is 46.1 Å². The molecule has 1 aromatic carbocycles. The second-order valence-corrected chi connectivity index (χ2v) is 8.58. The lowest BCUT2D eigenvalue weighted by molar-refractivity contribution is -0.139. The molecule has 1 aliphatic rings. The molecule has 134 valence electrons. The van der Waals surface area contributed by atoms with Crippen molar-refractivity contribution in [1.29, 1.82) is 0 Å². The fraction of sp³-hybridized carbons (Fsp3) is 0.611. The maximum atomic E-state index is 12.6. The second kappa shape index (κ2) is 8.01. The van der Waals surface area contributed by atoms with Gasteiger partial charge in [-0.25, -0.2) is 0 Å². The minimum atomic E-state index is -3.52. The van der Waals surface area contributed by atoms with Crippen LogP contribution in [-0.4, -0.2) is 32.0 Å². The van der Waals surface area contributed by atoms with E-state index >= 15 is 0 Å². The smallest absolute Gasteiger partial charge is 0.306 e. The van der Waals surface area contributed by atoms with Gasteiger partial charge in [0.25, 0.3) is 0 Å². The number of nitrogens with zero attached hydrogens (tertiary/aromatic N) is 1. The second-order valence-electron chi connectivity index (χ2n) is 7.00. The van der Waals surface area contributed by atoms with Crippen molar-refractivity contribution < 1.29 is 17.4 Å². The lowest BCUT2D eigenvalue weighted by Gasteiger charge is -2.32. The van der Waals surface area contributed by atoms with Crippen molar-refractivity contribution in [1.82, 2.24) is 4.90 Å². The van der Waals surface area contributed by atoms with Gasteiger partial charge in [0, 0.05) is 19.0 Å². The zero-order valence-corrected chi connectivity index (χ0v) is 15.5. The Bertz CT molecular complexity index is 648. The summed E-state index contributed by atoms with van der Waals surface area (Å²) in [5, 5.41) is 0. The molecule has 0 bridgehead atoms. The number of hydrogen-bond donors (Lipinski definition) is 0. The Kier molecular flexibility index (Phi) is 6.27. The molecule has 5 nitrogen and oxygen atoms in total. The van der Waals surface area contributed by atoms with Gasteiger partial charge in [-0.05, 0) is 42.9 Å². The van der Waals surface area contributed by atoms with Gasteiger partial charge < -0.3 is 9.08 Å². The Morgan fingerprint density at radius 3 is 2.33 bits per heavy atom. The Hall–Kier alpha value is -1.56. The summed E-state index contributed by atoms with van der Waals surface area (Å²) < 4.78 is 27.1. The average Bonchev–Trinajstić information content (AvgIpc) is 2.41. The van der Waals surface area contributed by atoms with Crippen LogP contribution in [0.4, 0.5) is 0 Å². The summed E-state index contributed by atoms with van der Waals surface area (Å²) >= 11 is 0. The van der Waals surface area contributed by atoms with Gasteiger partial charge in [-0.1, -0.05) is 32.4 Å². The Morgan fingerprint density at radius 2 is 1.88 bits per heavy atom. The van der Waals surface area contributed by atoms with Gasteiger partial charge in [-0.3, -0.25) is 4.79 Å². The van der Waals surface area contributed by atoms with Gasteiger partial charge in [-0.15, -0.1) is 0 Å². The van der Waals surface area contributed by atoms with Gasteiger partial charge >= 0.3 is 10.1 Å². The average molecular weight is 353 g/mol. The van der Waals surface area contributed by atoms with E-state index in [1.807, 2.05) is 17.0 Å². The molecular weight excluding hydrogens is 326 g/mol. The number of benzene rings is 1. The maximum Gasteiger partial charge on any atom is 0.306 e. The summed E-state index contributed by atoms with van der Waals surface area (Å²) in [5.74, 6) is 1.27. The lowest BCUT2D eigenvalue weighted by Crippen LogP contribution is -2.39. The van der Waals surface area contributed by atoms with Crippen molar-refractivity contribution in [2.24, 2.45) is 11.8 Å². The van der Waals surface area contributed by atoms with Crippen LogP contribution in [0.3, 0.4) is 0 Å². The van der Waals surface area contributed by atoms with E-state index in [4.69, 9.17) is 4.18 Å². The Labute approximate surface area is 145 Å². The van der Waals surface area contributed by atoms with Gasteiger partial charge in [-0.2, -0.15) is 8.42 Å². The number of carbonyl (C=O) groups is 1. The van der Waals surface area contributed by atoms with E-state index in [0.29, 0.717) is 18.2 Å². The SMILES string of the molecule is CC(C)CCN(Cc1ccc(OS(C)(=O)=O)cc1)C(=O)C1CCC1. The van der Waals surface area contributed by atoms with E-state index in [-0.39, 0.29) is 11.8 Å². The highest BCUT2D eigenvalue weighted by molar-refractivity contribution is 7.86. The summed E-state index contributed by atoms with van der Waals surface area (Å²) in [6, 6.07) is 6.89. The highest BCUT2D eigenvalue weighted by Gasteiger charge is 2.29. The van der Waals surface area contributed by atoms with Crippen molar-refractivity contribution in [2.75, 3.05) is 12.8 Å². The number of rotatable bonds is 8. The minimum Gasteiger partial charge on any atom is -0.383 e. The summed E-state index contributed by atoms with van der Waals surface area (Å²) in [4.78, 5) is 14.6. The van der Waals surface area contributed by atoms with Crippen LogP contribution in [0.15, 0.2) is 24.3 Å². The highest BCUT2D eigenvalue weighted by atomic mass is 32.2. The maximum absolute atomic E-state index is 12.6. The zero-order valence-electron chi connectivity index (χ0n) is 14.7. The molecule has 0 aromatic heterocycles. The third-order valence-electron chi connectivity index (χ3n) is 4.29. The first-order chi connectivity index (χ1) is 11.2. The molecule has 0 N–H and O–H groups in total. The van der Waals surface area contributed by atoms with Crippen LogP contribution in [0.2, 0.25) is 0 Å². The lowest BCUT2D eigenvalue weighted by atomic mass is 9.84. The van der Waals surface area contributed by atoms with Crippen molar-refractivity contribution in [3.63, 3.8) is 0 Å². The first-order valence-corrected chi connectivity index (χ1v) is 10.3. The quantitative estimate of drug-likeness (QED) is 0.673. The van der Waals surface area contributed by atoms with E-state index in [1.165, 1.54) is 0 Å². The molecule has 0 atom stereocenters. The van der Waals surface area contributed by atoms with Gasteiger partial charge in [0.1, 0.15) is 5.75 Å². The van der Waals surface area contributed by atoms with Crippen LogP contribution in [-0.2, 0) is 21.5 Å². The number of carbonyl (C=O) groups excluding carboxylic acids is 1. The van der Waals surface area contributed by atoms with Crippen LogP contribution < -0.4 is 4.18 Å². The summed E-state index contributed by atoms with van der Waals surface area (Å²) in [7, 11) is -3.52. The van der Waals surface area contributed by atoms with Crippen molar-refractivity contribution in [3.05, 3.63) is 29.8 Å². The molecule has 24 heavy (non-hydrogen) atoms. The van der Waals surface area contributed by atoms with E-state index < -0.39 is 10.1 Å². The van der Waals surface area contributed by atoms with Gasteiger partial charge in [0.15, 0.2) is 0 Å². The van der Waals surface area contributed by atoms with E-state index in [2.05, 4.69) is 13.8 Å². The molecule has 1 aliphatic carbocycles. The molecule has 1 saturated carbocycles. The van der Waals surface area contributed by atoms with Crippen LogP contribution in [0, 0.1) is 11.8 Å². The molecule has 6 heteroatoms. The molecule has 1 fully saturated rings. The molecule has 2 rings (SSSR count). The fourth-order valence-corrected chi connectivity index (χ4v) is 3.10. The third-order valence-corrected chi connectivity index (χ3v) is 4.78. The summed E-state index contributed by atoms with van der Waals surface area (Å²) in [5.41, 5.74) is 0.979. The molecule has 1 amide bonds. The molecular formula is C18H27NO4S. The first kappa shape index (κ1) is 18.8. The molecule has 1 aromatic rings.